The molecule has 0 unspecified atom stereocenters. The zero-order valence-electron chi connectivity index (χ0n) is 7.92. The summed E-state index contributed by atoms with van der Waals surface area (Å²) in [5, 5.41) is 6.57. The first-order valence-electron chi connectivity index (χ1n) is 4.34. The standard InChI is InChI=1S/C8H10N4O2/c1-3-5-6-11-10-4(2)12(6)8(14)9-7(5)13/h11H,3H2,1-2H3,(H,9,13,14). The Morgan fingerprint density at radius 2 is 2.14 bits per heavy atom. The average molecular weight is 194 g/mol. The van der Waals surface area contributed by atoms with Gasteiger partial charge in [0, 0.05) is 0 Å². The number of rotatable bonds is 1. The monoisotopic (exact) mass is 194 g/mol. The Hall–Kier alpha value is -1.85. The molecular weight excluding hydrogens is 184 g/mol. The zero-order valence-corrected chi connectivity index (χ0v) is 7.92. The normalized spacial score (nSPS) is 11.0. The summed E-state index contributed by atoms with van der Waals surface area (Å²) in [5.74, 6) is 0.538. The Labute approximate surface area is 78.6 Å². The van der Waals surface area contributed by atoms with Gasteiger partial charge in [0.05, 0.1) is 5.56 Å². The Kier molecular flexibility index (Phi) is 1.77. The highest BCUT2D eigenvalue weighted by atomic mass is 16.2. The number of nitrogens with one attached hydrogen (secondary N) is 2. The molecule has 0 aliphatic carbocycles. The van der Waals surface area contributed by atoms with E-state index in [1.807, 2.05) is 6.92 Å². The number of aromatic amines is 2. The average Bonchev–Trinajstić information content (AvgIpc) is 2.49. The second-order valence-electron chi connectivity index (χ2n) is 3.05. The number of aryl methyl sites for hydroxylation is 2. The topological polar surface area (TPSA) is 83.0 Å². The van der Waals surface area contributed by atoms with Gasteiger partial charge in [-0.3, -0.25) is 14.9 Å². The van der Waals surface area contributed by atoms with Crippen LogP contribution in [0.15, 0.2) is 9.59 Å². The summed E-state index contributed by atoms with van der Waals surface area (Å²) in [4.78, 5) is 25.0. The van der Waals surface area contributed by atoms with Crippen molar-refractivity contribution in [2.45, 2.75) is 20.3 Å². The smallest absolute Gasteiger partial charge is 0.273 e. The van der Waals surface area contributed by atoms with Crippen LogP contribution in [-0.2, 0) is 6.42 Å². The highest BCUT2D eigenvalue weighted by Gasteiger charge is 2.10. The van der Waals surface area contributed by atoms with Gasteiger partial charge in [0.2, 0.25) is 0 Å². The minimum Gasteiger partial charge on any atom is -0.273 e. The molecule has 0 spiro atoms. The van der Waals surface area contributed by atoms with Gasteiger partial charge in [-0.25, -0.2) is 9.20 Å². The van der Waals surface area contributed by atoms with Gasteiger partial charge in [0.1, 0.15) is 11.5 Å². The third-order valence-corrected chi connectivity index (χ3v) is 2.21. The lowest BCUT2D eigenvalue weighted by atomic mass is 10.2. The van der Waals surface area contributed by atoms with Crippen molar-refractivity contribution in [2.24, 2.45) is 0 Å². The minimum atomic E-state index is -0.451. The van der Waals surface area contributed by atoms with E-state index in [9.17, 15) is 9.59 Å². The molecule has 0 bridgehead atoms. The van der Waals surface area contributed by atoms with Crippen molar-refractivity contribution >= 4 is 5.65 Å². The summed E-state index contributed by atoms with van der Waals surface area (Å²) >= 11 is 0. The van der Waals surface area contributed by atoms with Crippen molar-refractivity contribution in [1.29, 1.82) is 0 Å². The molecule has 2 N–H and O–H groups in total. The molecule has 6 heteroatoms. The fourth-order valence-corrected chi connectivity index (χ4v) is 1.51. The predicted octanol–water partition coefficient (Wildman–Crippen LogP) is -0.418. The molecule has 0 aliphatic rings. The third-order valence-electron chi connectivity index (χ3n) is 2.21. The summed E-state index contributed by atoms with van der Waals surface area (Å²) in [6.07, 6.45) is 0.556. The summed E-state index contributed by atoms with van der Waals surface area (Å²) in [7, 11) is 0. The van der Waals surface area contributed by atoms with Crippen LogP contribution in [0.2, 0.25) is 0 Å². The van der Waals surface area contributed by atoms with Crippen LogP contribution in [0, 0.1) is 6.92 Å². The van der Waals surface area contributed by atoms with Crippen molar-refractivity contribution in [2.75, 3.05) is 0 Å². The Morgan fingerprint density at radius 3 is 2.79 bits per heavy atom. The van der Waals surface area contributed by atoms with Crippen molar-refractivity contribution in [3.63, 3.8) is 0 Å². The molecule has 2 rings (SSSR count). The van der Waals surface area contributed by atoms with E-state index in [1.165, 1.54) is 4.40 Å². The summed E-state index contributed by atoms with van der Waals surface area (Å²) in [6.45, 7) is 3.55. The second-order valence-corrected chi connectivity index (χ2v) is 3.05. The van der Waals surface area contributed by atoms with Crippen molar-refractivity contribution in [3.05, 3.63) is 32.2 Å². The molecule has 0 aromatic carbocycles. The molecule has 74 valence electrons. The molecule has 2 heterocycles. The molecule has 2 aromatic rings. The lowest BCUT2D eigenvalue weighted by Crippen LogP contribution is -2.29. The predicted molar refractivity (Wildman–Crippen MR) is 50.5 cm³/mol. The van der Waals surface area contributed by atoms with Crippen LogP contribution in [0.1, 0.15) is 18.3 Å². The molecule has 0 atom stereocenters. The maximum Gasteiger partial charge on any atom is 0.335 e. The number of hydrogen-bond acceptors (Lipinski definition) is 3. The van der Waals surface area contributed by atoms with Crippen LogP contribution in [-0.4, -0.2) is 19.6 Å². The SMILES string of the molecule is CCc1c(=O)[nH]c(=O)n2c(C)n[nH]c12. The minimum absolute atomic E-state index is 0.346. The Bertz CT molecular complexity index is 589. The van der Waals surface area contributed by atoms with E-state index in [4.69, 9.17) is 0 Å². The highest BCUT2D eigenvalue weighted by molar-refractivity contribution is 5.45. The van der Waals surface area contributed by atoms with E-state index < -0.39 is 5.69 Å². The first kappa shape index (κ1) is 8.74. The van der Waals surface area contributed by atoms with E-state index >= 15 is 0 Å². The quantitative estimate of drug-likeness (QED) is 0.646. The zero-order chi connectivity index (χ0) is 10.3. The van der Waals surface area contributed by atoms with Crippen molar-refractivity contribution in [3.8, 4) is 0 Å². The highest BCUT2D eigenvalue weighted by Crippen LogP contribution is 2.01. The summed E-state index contributed by atoms with van der Waals surface area (Å²) in [6, 6.07) is 0. The molecule has 0 saturated heterocycles. The van der Waals surface area contributed by atoms with Crippen LogP contribution in [0.25, 0.3) is 5.65 Å². The maximum atomic E-state index is 11.4. The number of nitrogens with zero attached hydrogens (tertiary/aromatic N) is 2. The molecule has 14 heavy (non-hydrogen) atoms. The van der Waals surface area contributed by atoms with Crippen LogP contribution in [0.4, 0.5) is 0 Å². The third kappa shape index (κ3) is 1.00. The van der Waals surface area contributed by atoms with Gasteiger partial charge in [-0.05, 0) is 13.3 Å². The lowest BCUT2D eigenvalue weighted by Gasteiger charge is -1.97. The van der Waals surface area contributed by atoms with Crippen LogP contribution in [0.3, 0.4) is 0 Å². The van der Waals surface area contributed by atoms with E-state index in [2.05, 4.69) is 15.2 Å². The van der Waals surface area contributed by atoms with Crippen molar-refractivity contribution in [1.82, 2.24) is 19.6 Å². The lowest BCUT2D eigenvalue weighted by molar-refractivity contribution is 0.900. The first-order valence-corrected chi connectivity index (χ1v) is 4.34. The molecular formula is C8H10N4O2. The van der Waals surface area contributed by atoms with Gasteiger partial charge < -0.3 is 0 Å². The van der Waals surface area contributed by atoms with Gasteiger partial charge >= 0.3 is 5.69 Å². The molecule has 0 amide bonds. The summed E-state index contributed by atoms with van der Waals surface area (Å²) < 4.78 is 1.36. The fraction of sp³-hybridized carbons (Fsp3) is 0.375. The second kappa shape index (κ2) is 2.83. The van der Waals surface area contributed by atoms with E-state index in [0.717, 1.165) is 0 Å². The summed E-state index contributed by atoms with van der Waals surface area (Å²) in [5.41, 5.74) is 0.235. The molecule has 2 aromatic heterocycles. The largest absolute Gasteiger partial charge is 0.335 e. The fourth-order valence-electron chi connectivity index (χ4n) is 1.51. The van der Waals surface area contributed by atoms with Gasteiger partial charge in [0.25, 0.3) is 5.56 Å². The van der Waals surface area contributed by atoms with Crippen LogP contribution >= 0.6 is 0 Å². The van der Waals surface area contributed by atoms with Gasteiger partial charge in [-0.1, -0.05) is 6.92 Å². The number of H-pyrrole nitrogens is 2. The van der Waals surface area contributed by atoms with Crippen LogP contribution in [0.5, 0.6) is 0 Å². The van der Waals surface area contributed by atoms with E-state index in [1.54, 1.807) is 6.92 Å². The maximum absolute atomic E-state index is 11.4. The number of fused-ring (bicyclic) bond motifs is 1. The first-order chi connectivity index (χ1) is 6.65. The van der Waals surface area contributed by atoms with Gasteiger partial charge in [-0.2, -0.15) is 5.10 Å². The molecule has 0 aliphatic heterocycles. The molecule has 0 fully saturated rings. The van der Waals surface area contributed by atoms with Crippen LogP contribution < -0.4 is 11.2 Å². The molecule has 6 nitrogen and oxygen atoms in total. The Morgan fingerprint density at radius 1 is 1.43 bits per heavy atom. The molecule has 0 saturated carbocycles. The van der Waals surface area contributed by atoms with Gasteiger partial charge in [-0.15, -0.1) is 0 Å². The van der Waals surface area contributed by atoms with Gasteiger partial charge in [0.15, 0.2) is 0 Å². The number of hydrogen-bond donors (Lipinski definition) is 2. The van der Waals surface area contributed by atoms with E-state index in [0.29, 0.717) is 23.5 Å². The van der Waals surface area contributed by atoms with E-state index in [-0.39, 0.29) is 5.56 Å². The molecule has 0 radical (unpaired) electrons. The van der Waals surface area contributed by atoms with Crippen molar-refractivity contribution < 1.29 is 0 Å². The number of aromatic nitrogens is 4. The Balaban J connectivity index is 3.08.